The molecule has 2 N–H and O–H groups in total. The molecule has 0 saturated carbocycles. The van der Waals surface area contributed by atoms with Gasteiger partial charge in [0, 0.05) is 5.56 Å². The van der Waals surface area contributed by atoms with Gasteiger partial charge in [-0.2, -0.15) is 0 Å². The number of primary amides is 1. The zero-order chi connectivity index (χ0) is 16.7. The Balaban J connectivity index is 1.99. The summed E-state index contributed by atoms with van der Waals surface area (Å²) in [5.74, 6) is 0.420. The van der Waals surface area contributed by atoms with Crippen LogP contribution in [0, 0.1) is 5.92 Å². The molecule has 0 saturated heterocycles. The molecule has 1 amide bonds. The molecule has 0 bridgehead atoms. The maximum Gasteiger partial charge on any atom is 0.248 e. The van der Waals surface area contributed by atoms with Crippen molar-refractivity contribution in [2.45, 2.75) is 46.0 Å². The van der Waals surface area contributed by atoms with Crippen LogP contribution in [0.25, 0.3) is 11.1 Å². The van der Waals surface area contributed by atoms with Gasteiger partial charge in [0.1, 0.15) is 0 Å². The van der Waals surface area contributed by atoms with Crippen LogP contribution in [-0.2, 0) is 6.42 Å². The average Bonchev–Trinajstić information content (AvgIpc) is 2.54. The van der Waals surface area contributed by atoms with Crippen molar-refractivity contribution in [3.63, 3.8) is 0 Å². The predicted octanol–water partition coefficient (Wildman–Crippen LogP) is 5.21. The molecule has 23 heavy (non-hydrogen) atoms. The fourth-order valence-electron chi connectivity index (χ4n) is 2.82. The minimum atomic E-state index is -0.381. The van der Waals surface area contributed by atoms with Gasteiger partial charge in [0.05, 0.1) is 0 Å². The van der Waals surface area contributed by atoms with Gasteiger partial charge in [-0.15, -0.1) is 0 Å². The van der Waals surface area contributed by atoms with E-state index in [1.165, 1.54) is 31.2 Å². The van der Waals surface area contributed by atoms with E-state index in [1.807, 2.05) is 18.2 Å². The van der Waals surface area contributed by atoms with E-state index < -0.39 is 0 Å². The van der Waals surface area contributed by atoms with Gasteiger partial charge in [-0.3, -0.25) is 4.79 Å². The van der Waals surface area contributed by atoms with Crippen molar-refractivity contribution in [2.75, 3.05) is 0 Å². The number of aryl methyl sites for hydroxylation is 1. The Morgan fingerprint density at radius 2 is 1.65 bits per heavy atom. The Morgan fingerprint density at radius 3 is 2.35 bits per heavy atom. The van der Waals surface area contributed by atoms with Crippen LogP contribution >= 0.6 is 0 Å². The Morgan fingerprint density at radius 1 is 0.957 bits per heavy atom. The quantitative estimate of drug-likeness (QED) is 0.668. The third-order valence-electron chi connectivity index (χ3n) is 4.15. The molecule has 0 unspecified atom stereocenters. The molecule has 122 valence electrons. The van der Waals surface area contributed by atoms with Crippen LogP contribution < -0.4 is 5.73 Å². The van der Waals surface area contributed by atoms with Crippen LogP contribution in [0.3, 0.4) is 0 Å². The summed E-state index contributed by atoms with van der Waals surface area (Å²) in [5.41, 5.74) is 9.47. The summed E-state index contributed by atoms with van der Waals surface area (Å²) < 4.78 is 0. The number of amides is 1. The van der Waals surface area contributed by atoms with Crippen molar-refractivity contribution in [1.29, 1.82) is 0 Å². The Kier molecular flexibility index (Phi) is 6.40. The van der Waals surface area contributed by atoms with Gasteiger partial charge in [-0.25, -0.2) is 0 Å². The first kappa shape index (κ1) is 17.3. The molecule has 0 atom stereocenters. The van der Waals surface area contributed by atoms with Gasteiger partial charge in [0.25, 0.3) is 0 Å². The molecule has 0 aliphatic carbocycles. The van der Waals surface area contributed by atoms with Crippen molar-refractivity contribution in [2.24, 2.45) is 11.7 Å². The van der Waals surface area contributed by atoms with E-state index in [-0.39, 0.29) is 5.91 Å². The van der Waals surface area contributed by atoms with Gasteiger partial charge in [-0.05, 0) is 47.6 Å². The second-order valence-corrected chi connectivity index (χ2v) is 6.64. The summed E-state index contributed by atoms with van der Waals surface area (Å²) >= 11 is 0. The molecule has 0 fully saturated rings. The molecule has 0 radical (unpaired) electrons. The van der Waals surface area contributed by atoms with Crippen LogP contribution in [0.4, 0.5) is 0 Å². The molecular formula is C21H27NO. The maximum atomic E-state index is 11.3. The van der Waals surface area contributed by atoms with Gasteiger partial charge in [0.2, 0.25) is 5.91 Å². The van der Waals surface area contributed by atoms with E-state index in [0.29, 0.717) is 5.56 Å². The van der Waals surface area contributed by atoms with Gasteiger partial charge in [-0.1, -0.05) is 69.5 Å². The predicted molar refractivity (Wildman–Crippen MR) is 97.4 cm³/mol. The topological polar surface area (TPSA) is 43.1 Å². The standard InChI is InChI=1S/C21H27NO/c1-16(2)8-4-3-5-9-17-10-6-11-18(14-17)19-12-7-13-20(15-19)21(22)23/h6-7,10-16H,3-5,8-9H2,1-2H3,(H2,22,23). The fraction of sp³-hybridized carbons (Fsp3) is 0.381. The Hall–Kier alpha value is -2.09. The van der Waals surface area contributed by atoms with Gasteiger partial charge < -0.3 is 5.73 Å². The van der Waals surface area contributed by atoms with Crippen molar-refractivity contribution in [1.82, 2.24) is 0 Å². The van der Waals surface area contributed by atoms with Crippen molar-refractivity contribution >= 4 is 5.91 Å². The first-order valence-corrected chi connectivity index (χ1v) is 8.55. The number of nitrogens with two attached hydrogens (primary N) is 1. The monoisotopic (exact) mass is 309 g/mol. The number of carbonyl (C=O) groups excluding carboxylic acids is 1. The largest absolute Gasteiger partial charge is 0.366 e. The molecule has 2 aromatic carbocycles. The summed E-state index contributed by atoms with van der Waals surface area (Å²) in [5, 5.41) is 0. The highest BCUT2D eigenvalue weighted by Crippen LogP contribution is 2.22. The number of unbranched alkanes of at least 4 members (excludes halogenated alkanes) is 2. The lowest BCUT2D eigenvalue weighted by Gasteiger charge is -2.08. The van der Waals surface area contributed by atoms with Crippen molar-refractivity contribution in [3.05, 3.63) is 59.7 Å². The smallest absolute Gasteiger partial charge is 0.248 e. The van der Waals surface area contributed by atoms with Crippen LogP contribution in [0.2, 0.25) is 0 Å². The lowest BCUT2D eigenvalue weighted by atomic mass is 9.98. The first-order chi connectivity index (χ1) is 11.1. The van der Waals surface area contributed by atoms with E-state index in [1.54, 1.807) is 6.07 Å². The summed E-state index contributed by atoms with van der Waals surface area (Å²) in [6.45, 7) is 4.56. The maximum absolute atomic E-state index is 11.3. The second kappa shape index (κ2) is 8.52. The fourth-order valence-corrected chi connectivity index (χ4v) is 2.82. The van der Waals surface area contributed by atoms with E-state index in [2.05, 4.69) is 38.1 Å². The molecule has 0 spiro atoms. The minimum Gasteiger partial charge on any atom is -0.366 e. The summed E-state index contributed by atoms with van der Waals surface area (Å²) in [4.78, 5) is 11.3. The van der Waals surface area contributed by atoms with E-state index in [4.69, 9.17) is 5.73 Å². The highest BCUT2D eigenvalue weighted by molar-refractivity contribution is 5.94. The highest BCUT2D eigenvalue weighted by Gasteiger charge is 2.04. The molecule has 2 rings (SSSR count). The number of carbonyl (C=O) groups is 1. The summed E-state index contributed by atoms with van der Waals surface area (Å²) in [6.07, 6.45) is 6.27. The van der Waals surface area contributed by atoms with Crippen LogP contribution in [0.1, 0.15) is 55.5 Å². The molecular weight excluding hydrogens is 282 g/mol. The second-order valence-electron chi connectivity index (χ2n) is 6.64. The van der Waals surface area contributed by atoms with Crippen LogP contribution in [0.15, 0.2) is 48.5 Å². The molecule has 2 aromatic rings. The first-order valence-electron chi connectivity index (χ1n) is 8.55. The van der Waals surface area contributed by atoms with E-state index in [9.17, 15) is 4.79 Å². The zero-order valence-corrected chi connectivity index (χ0v) is 14.2. The SMILES string of the molecule is CC(C)CCCCCc1cccc(-c2cccc(C(N)=O)c2)c1. The lowest BCUT2D eigenvalue weighted by molar-refractivity contribution is 0.100. The van der Waals surface area contributed by atoms with Crippen molar-refractivity contribution < 1.29 is 4.79 Å². The normalized spacial score (nSPS) is 10.9. The molecule has 0 aromatic heterocycles. The number of rotatable bonds is 8. The zero-order valence-electron chi connectivity index (χ0n) is 14.2. The number of hydrogen-bond donors (Lipinski definition) is 1. The van der Waals surface area contributed by atoms with Gasteiger partial charge >= 0.3 is 0 Å². The molecule has 2 nitrogen and oxygen atoms in total. The minimum absolute atomic E-state index is 0.381. The molecule has 2 heteroatoms. The number of benzene rings is 2. The summed E-state index contributed by atoms with van der Waals surface area (Å²) in [7, 11) is 0. The lowest BCUT2D eigenvalue weighted by Crippen LogP contribution is -2.10. The van der Waals surface area contributed by atoms with Crippen LogP contribution in [0.5, 0.6) is 0 Å². The van der Waals surface area contributed by atoms with Gasteiger partial charge in [0.15, 0.2) is 0 Å². The van der Waals surface area contributed by atoms with Crippen molar-refractivity contribution in [3.8, 4) is 11.1 Å². The Labute approximate surface area is 139 Å². The van der Waals surface area contributed by atoms with E-state index in [0.717, 1.165) is 23.5 Å². The molecule has 0 aliphatic heterocycles. The summed E-state index contributed by atoms with van der Waals surface area (Å²) in [6, 6.07) is 16.1. The average molecular weight is 309 g/mol. The molecule has 0 heterocycles. The Bertz CT molecular complexity index is 646. The van der Waals surface area contributed by atoms with E-state index >= 15 is 0 Å². The third kappa shape index (κ3) is 5.55. The third-order valence-corrected chi connectivity index (χ3v) is 4.15. The number of hydrogen-bond acceptors (Lipinski definition) is 1. The molecule has 0 aliphatic rings. The highest BCUT2D eigenvalue weighted by atomic mass is 16.1. The van der Waals surface area contributed by atoms with Crippen LogP contribution in [-0.4, -0.2) is 5.91 Å².